The second kappa shape index (κ2) is 8.04. The molecule has 2 aromatic rings. The maximum atomic E-state index is 11.1. The Bertz CT molecular complexity index is 766. The van der Waals surface area contributed by atoms with Crippen molar-refractivity contribution in [2.24, 2.45) is 5.92 Å². The van der Waals surface area contributed by atoms with Crippen molar-refractivity contribution in [3.63, 3.8) is 0 Å². The topological polar surface area (TPSA) is 123 Å². The van der Waals surface area contributed by atoms with Gasteiger partial charge in [-0.1, -0.05) is 17.3 Å². The summed E-state index contributed by atoms with van der Waals surface area (Å²) in [4.78, 5) is 27.7. The number of carbonyl (C=O) groups is 1. The van der Waals surface area contributed by atoms with Crippen LogP contribution in [-0.4, -0.2) is 44.1 Å². The van der Waals surface area contributed by atoms with Gasteiger partial charge in [0.25, 0.3) is 5.69 Å². The van der Waals surface area contributed by atoms with E-state index < -0.39 is 10.9 Å². The Morgan fingerprint density at radius 1 is 1.48 bits per heavy atom. The predicted octanol–water partition coefficient (Wildman–Crippen LogP) is 2.36. The zero-order valence-corrected chi connectivity index (χ0v) is 14.0. The summed E-state index contributed by atoms with van der Waals surface area (Å²) >= 11 is 0. The molecule has 134 valence electrons. The van der Waals surface area contributed by atoms with Crippen LogP contribution in [0.4, 0.5) is 5.69 Å². The fourth-order valence-electron chi connectivity index (χ4n) is 2.79. The summed E-state index contributed by atoms with van der Waals surface area (Å²) in [6.07, 6.45) is 1.48. The van der Waals surface area contributed by atoms with E-state index in [0.29, 0.717) is 31.0 Å². The number of aliphatic carboxylic acids is 1. The molecule has 0 spiro atoms. The number of nitrogens with zero attached hydrogens (tertiary/aromatic N) is 4. The lowest BCUT2D eigenvalue weighted by atomic mass is 9.98. The van der Waals surface area contributed by atoms with Crippen molar-refractivity contribution in [3.8, 4) is 11.4 Å². The Labute approximate surface area is 149 Å². The second-order valence-electron chi connectivity index (χ2n) is 5.73. The standard InChI is InChI=1S/C15H16N4O5.ClH/c20-15(21)11-4-2-6-18(8-11)9-13-16-14(17-24-13)10-3-1-5-12(7-10)19(22)23;/h1,3,5,7,11H,2,4,6,8-9H2,(H,20,21);1H. The molecular formula is C15H17ClN4O5. The average molecular weight is 369 g/mol. The van der Waals surface area contributed by atoms with E-state index in [-0.39, 0.29) is 29.8 Å². The SMILES string of the molecule is Cl.O=C(O)C1CCCN(Cc2nc(-c3cccc([N+](=O)[O-])c3)no2)C1. The molecule has 0 bridgehead atoms. The summed E-state index contributed by atoms with van der Waals surface area (Å²) in [7, 11) is 0. The van der Waals surface area contributed by atoms with Crippen LogP contribution in [0, 0.1) is 16.0 Å². The molecule has 1 aromatic carbocycles. The van der Waals surface area contributed by atoms with Crippen molar-refractivity contribution < 1.29 is 19.3 Å². The largest absolute Gasteiger partial charge is 0.481 e. The molecule has 1 fully saturated rings. The fourth-order valence-corrected chi connectivity index (χ4v) is 2.79. The van der Waals surface area contributed by atoms with Gasteiger partial charge in [0.15, 0.2) is 0 Å². The highest BCUT2D eigenvalue weighted by atomic mass is 35.5. The molecule has 10 heteroatoms. The third-order valence-corrected chi connectivity index (χ3v) is 4.00. The van der Waals surface area contributed by atoms with Gasteiger partial charge in [-0.3, -0.25) is 19.8 Å². The first kappa shape index (κ1) is 18.8. The molecule has 0 amide bonds. The Balaban J connectivity index is 0.00000225. The van der Waals surface area contributed by atoms with Gasteiger partial charge in [-0.15, -0.1) is 12.4 Å². The maximum absolute atomic E-state index is 11.1. The Morgan fingerprint density at radius 3 is 3.00 bits per heavy atom. The molecule has 3 rings (SSSR count). The van der Waals surface area contributed by atoms with Crippen molar-refractivity contribution in [1.82, 2.24) is 15.0 Å². The number of rotatable bonds is 5. The van der Waals surface area contributed by atoms with Crippen LogP contribution in [-0.2, 0) is 11.3 Å². The first-order valence-electron chi connectivity index (χ1n) is 7.55. The van der Waals surface area contributed by atoms with Crippen LogP contribution in [0.5, 0.6) is 0 Å². The first-order chi connectivity index (χ1) is 11.5. The summed E-state index contributed by atoms with van der Waals surface area (Å²) in [5.74, 6) is -0.525. The number of halogens is 1. The summed E-state index contributed by atoms with van der Waals surface area (Å²) in [5, 5.41) is 23.8. The zero-order chi connectivity index (χ0) is 17.1. The van der Waals surface area contributed by atoms with Gasteiger partial charge >= 0.3 is 5.97 Å². The van der Waals surface area contributed by atoms with Crippen LogP contribution in [0.25, 0.3) is 11.4 Å². The van der Waals surface area contributed by atoms with Crippen LogP contribution in [0.3, 0.4) is 0 Å². The van der Waals surface area contributed by atoms with Crippen LogP contribution >= 0.6 is 12.4 Å². The smallest absolute Gasteiger partial charge is 0.307 e. The lowest BCUT2D eigenvalue weighted by molar-refractivity contribution is -0.384. The highest BCUT2D eigenvalue weighted by molar-refractivity contribution is 5.85. The summed E-state index contributed by atoms with van der Waals surface area (Å²) in [6, 6.07) is 6.01. The highest BCUT2D eigenvalue weighted by Gasteiger charge is 2.26. The van der Waals surface area contributed by atoms with E-state index in [1.807, 2.05) is 4.90 Å². The molecule has 9 nitrogen and oxygen atoms in total. The monoisotopic (exact) mass is 368 g/mol. The summed E-state index contributed by atoms with van der Waals surface area (Å²) in [5.41, 5.74) is 0.459. The molecule has 1 atom stereocenters. The van der Waals surface area contributed by atoms with Crippen LogP contribution in [0.1, 0.15) is 18.7 Å². The van der Waals surface area contributed by atoms with E-state index in [4.69, 9.17) is 9.63 Å². The number of hydrogen-bond donors (Lipinski definition) is 1. The average Bonchev–Trinajstić information content (AvgIpc) is 3.03. The van der Waals surface area contributed by atoms with Crippen LogP contribution in [0.15, 0.2) is 28.8 Å². The number of aromatic nitrogens is 2. The Morgan fingerprint density at radius 2 is 2.28 bits per heavy atom. The third kappa shape index (κ3) is 4.52. The number of nitro groups is 1. The van der Waals surface area contributed by atoms with Gasteiger partial charge in [-0.2, -0.15) is 4.98 Å². The molecular weight excluding hydrogens is 352 g/mol. The molecule has 1 aliphatic heterocycles. The molecule has 1 N–H and O–H groups in total. The molecule has 2 heterocycles. The first-order valence-corrected chi connectivity index (χ1v) is 7.55. The minimum absolute atomic E-state index is 0. The quantitative estimate of drug-likeness (QED) is 0.630. The predicted molar refractivity (Wildman–Crippen MR) is 89.3 cm³/mol. The number of piperidine rings is 1. The number of hydrogen-bond acceptors (Lipinski definition) is 7. The summed E-state index contributed by atoms with van der Waals surface area (Å²) in [6.45, 7) is 1.59. The highest BCUT2D eigenvalue weighted by Crippen LogP contribution is 2.23. The Kier molecular flexibility index (Phi) is 6.05. The minimum atomic E-state index is -0.789. The van der Waals surface area contributed by atoms with Gasteiger partial charge in [0.05, 0.1) is 17.4 Å². The van der Waals surface area contributed by atoms with E-state index in [1.54, 1.807) is 12.1 Å². The van der Waals surface area contributed by atoms with Gasteiger partial charge in [0, 0.05) is 24.2 Å². The molecule has 0 saturated carbocycles. The van der Waals surface area contributed by atoms with E-state index in [2.05, 4.69) is 10.1 Å². The van der Waals surface area contributed by atoms with Gasteiger partial charge in [-0.05, 0) is 19.4 Å². The number of carboxylic acids is 1. The second-order valence-corrected chi connectivity index (χ2v) is 5.73. The van der Waals surface area contributed by atoms with E-state index >= 15 is 0 Å². The third-order valence-electron chi connectivity index (χ3n) is 4.00. The molecule has 1 unspecified atom stereocenters. The minimum Gasteiger partial charge on any atom is -0.481 e. The normalized spacial score (nSPS) is 17.7. The fraction of sp³-hybridized carbons (Fsp3) is 0.400. The summed E-state index contributed by atoms with van der Waals surface area (Å²) < 4.78 is 5.20. The van der Waals surface area contributed by atoms with Crippen molar-refractivity contribution in [2.45, 2.75) is 19.4 Å². The van der Waals surface area contributed by atoms with Gasteiger partial charge in [-0.25, -0.2) is 0 Å². The number of non-ortho nitro benzene ring substituents is 1. The van der Waals surface area contributed by atoms with Crippen LogP contribution < -0.4 is 0 Å². The zero-order valence-electron chi connectivity index (χ0n) is 13.2. The van der Waals surface area contributed by atoms with Crippen molar-refractivity contribution >= 4 is 24.1 Å². The van der Waals surface area contributed by atoms with Crippen molar-refractivity contribution in [2.75, 3.05) is 13.1 Å². The Hall–Kier alpha value is -2.52. The van der Waals surface area contributed by atoms with E-state index in [1.165, 1.54) is 12.1 Å². The number of benzene rings is 1. The van der Waals surface area contributed by atoms with Crippen molar-refractivity contribution in [3.05, 3.63) is 40.3 Å². The van der Waals surface area contributed by atoms with E-state index in [0.717, 1.165) is 13.0 Å². The van der Waals surface area contributed by atoms with E-state index in [9.17, 15) is 14.9 Å². The molecule has 1 aromatic heterocycles. The van der Waals surface area contributed by atoms with Crippen molar-refractivity contribution in [1.29, 1.82) is 0 Å². The van der Waals surface area contributed by atoms with Gasteiger partial charge in [0.1, 0.15) is 0 Å². The molecule has 1 aliphatic rings. The van der Waals surface area contributed by atoms with Crippen LogP contribution in [0.2, 0.25) is 0 Å². The number of nitro benzene ring substituents is 1. The number of likely N-dealkylation sites (tertiary alicyclic amines) is 1. The lowest BCUT2D eigenvalue weighted by Gasteiger charge is -2.29. The maximum Gasteiger partial charge on any atom is 0.307 e. The van der Waals surface area contributed by atoms with Gasteiger partial charge in [0.2, 0.25) is 11.7 Å². The molecule has 0 aliphatic carbocycles. The molecule has 1 saturated heterocycles. The molecule has 0 radical (unpaired) electrons. The lowest BCUT2D eigenvalue weighted by Crippen LogP contribution is -2.38. The van der Waals surface area contributed by atoms with Gasteiger partial charge < -0.3 is 9.63 Å². The number of carboxylic acid groups (broad SMARTS) is 1. The molecule has 25 heavy (non-hydrogen) atoms.